The van der Waals surface area contributed by atoms with E-state index >= 15 is 0 Å². The van der Waals surface area contributed by atoms with E-state index in [1.165, 1.54) is 28.3 Å². The van der Waals surface area contributed by atoms with Gasteiger partial charge in [0.1, 0.15) is 0 Å². The Bertz CT molecular complexity index is 1510. The number of carbonyl (C=O) groups is 2. The van der Waals surface area contributed by atoms with Gasteiger partial charge >= 0.3 is 0 Å². The molecular weight excluding hydrogens is 524 g/mol. The predicted octanol–water partition coefficient (Wildman–Crippen LogP) is 5.65. The minimum Gasteiger partial charge on any atom is -0.493 e. The maximum atomic E-state index is 14.2. The van der Waals surface area contributed by atoms with E-state index in [2.05, 4.69) is 5.32 Å². The van der Waals surface area contributed by atoms with E-state index in [1.54, 1.807) is 31.3 Å². The number of hydrogen-bond acceptors (Lipinski definition) is 8. The highest BCUT2D eigenvalue weighted by Crippen LogP contribution is 2.50. The van der Waals surface area contributed by atoms with Crippen LogP contribution in [0.2, 0.25) is 0 Å². The summed E-state index contributed by atoms with van der Waals surface area (Å²) in [6, 6.07) is 16.2. The summed E-state index contributed by atoms with van der Waals surface area (Å²) in [6.45, 7) is 1.51. The Morgan fingerprint density at radius 1 is 0.780 bits per heavy atom. The van der Waals surface area contributed by atoms with Gasteiger partial charge in [0.2, 0.25) is 11.7 Å². The Morgan fingerprint density at radius 2 is 1.41 bits per heavy atom. The van der Waals surface area contributed by atoms with Gasteiger partial charge in [0.15, 0.2) is 28.8 Å². The number of anilines is 2. The first-order chi connectivity index (χ1) is 19.8. The first kappa shape index (κ1) is 27.9. The Hall–Kier alpha value is -4.66. The molecule has 0 radical (unpaired) electrons. The molecule has 0 bridgehead atoms. The van der Waals surface area contributed by atoms with Crippen LogP contribution in [0.4, 0.5) is 11.4 Å². The molecule has 0 saturated heterocycles. The summed E-state index contributed by atoms with van der Waals surface area (Å²) in [6.07, 6.45) is 0.816. The lowest BCUT2D eigenvalue weighted by molar-refractivity contribution is -0.117. The van der Waals surface area contributed by atoms with Crippen molar-refractivity contribution in [2.45, 2.75) is 31.7 Å². The number of amides is 1. The zero-order chi connectivity index (χ0) is 29.3. The lowest BCUT2D eigenvalue weighted by Gasteiger charge is -2.35. The molecule has 1 amide bonds. The third kappa shape index (κ3) is 4.92. The monoisotopic (exact) mass is 558 g/mol. The number of nitrogens with zero attached hydrogens (tertiary/aromatic N) is 1. The third-order valence-electron chi connectivity index (χ3n) is 7.71. The Kier molecular flexibility index (Phi) is 7.79. The normalized spacial score (nSPS) is 18.0. The van der Waals surface area contributed by atoms with Gasteiger partial charge in [-0.05, 0) is 59.9 Å². The zero-order valence-corrected chi connectivity index (χ0v) is 24.1. The highest BCUT2D eigenvalue weighted by Gasteiger charge is 2.41. The summed E-state index contributed by atoms with van der Waals surface area (Å²) in [5.41, 5.74) is 4.33. The Morgan fingerprint density at radius 3 is 2.02 bits per heavy atom. The number of carbonyl (C=O) groups excluding carboxylic acids is 2. The highest BCUT2D eigenvalue weighted by atomic mass is 16.5. The van der Waals surface area contributed by atoms with Crippen LogP contribution in [-0.4, -0.2) is 47.2 Å². The van der Waals surface area contributed by atoms with Crippen molar-refractivity contribution in [3.63, 3.8) is 0 Å². The molecule has 0 saturated carbocycles. The number of ketones is 1. The largest absolute Gasteiger partial charge is 0.493 e. The van der Waals surface area contributed by atoms with Crippen molar-refractivity contribution in [3.8, 4) is 28.7 Å². The summed E-state index contributed by atoms with van der Waals surface area (Å²) in [7, 11) is 7.80. The fourth-order valence-electron chi connectivity index (χ4n) is 5.86. The molecule has 41 heavy (non-hydrogen) atoms. The topological polar surface area (TPSA) is 95.6 Å². The molecule has 0 fully saturated rings. The summed E-state index contributed by atoms with van der Waals surface area (Å²) >= 11 is 0. The van der Waals surface area contributed by atoms with Gasteiger partial charge in [-0.15, -0.1) is 0 Å². The Balaban J connectivity index is 1.71. The highest BCUT2D eigenvalue weighted by molar-refractivity contribution is 6.06. The van der Waals surface area contributed by atoms with Crippen LogP contribution < -0.4 is 33.9 Å². The predicted molar refractivity (Wildman–Crippen MR) is 156 cm³/mol. The van der Waals surface area contributed by atoms with Crippen molar-refractivity contribution in [2.24, 2.45) is 0 Å². The fraction of sp³-hybridized carbons (Fsp3) is 0.312. The van der Waals surface area contributed by atoms with Gasteiger partial charge in [0, 0.05) is 24.6 Å². The van der Waals surface area contributed by atoms with Crippen LogP contribution in [0.15, 0.2) is 65.9 Å². The van der Waals surface area contributed by atoms with E-state index in [4.69, 9.17) is 23.7 Å². The smallest absolute Gasteiger partial charge is 0.224 e. The molecule has 2 aliphatic rings. The second kappa shape index (κ2) is 11.4. The van der Waals surface area contributed by atoms with Gasteiger partial charge in [0.25, 0.3) is 0 Å². The molecule has 9 heteroatoms. The summed E-state index contributed by atoms with van der Waals surface area (Å²) in [5.74, 6) is 2.16. The van der Waals surface area contributed by atoms with Crippen LogP contribution in [0, 0.1) is 0 Å². The van der Waals surface area contributed by atoms with Crippen molar-refractivity contribution < 1.29 is 33.3 Å². The summed E-state index contributed by atoms with van der Waals surface area (Å²) in [5, 5.41) is 3.53. The van der Waals surface area contributed by atoms with Crippen LogP contribution in [0.25, 0.3) is 0 Å². The minimum atomic E-state index is -0.730. The SMILES string of the molecule is COc1ccc([C@H]2CC(=O)C3=C(C2)Nc2ccccc2N(C(C)=O)[C@@H]3c2cc(OC)c(OC)c(OC)c2)cc1OC. The van der Waals surface area contributed by atoms with Crippen LogP contribution >= 0.6 is 0 Å². The van der Waals surface area contributed by atoms with Gasteiger partial charge < -0.3 is 29.0 Å². The molecule has 1 N–H and O–H groups in total. The first-order valence-electron chi connectivity index (χ1n) is 13.3. The average molecular weight is 559 g/mol. The molecular formula is C32H34N2O7. The van der Waals surface area contributed by atoms with Gasteiger partial charge in [0.05, 0.1) is 53.0 Å². The molecule has 2 atom stereocenters. The van der Waals surface area contributed by atoms with Crippen molar-refractivity contribution in [1.29, 1.82) is 0 Å². The number of methoxy groups -OCH3 is 5. The number of hydrogen-bond donors (Lipinski definition) is 1. The first-order valence-corrected chi connectivity index (χ1v) is 13.3. The quantitative estimate of drug-likeness (QED) is 0.398. The number of benzene rings is 3. The second-order valence-electron chi connectivity index (χ2n) is 9.93. The van der Waals surface area contributed by atoms with Crippen molar-refractivity contribution in [1.82, 2.24) is 0 Å². The number of allylic oxidation sites excluding steroid dienone is 1. The van der Waals surface area contributed by atoms with E-state index in [0.717, 1.165) is 16.9 Å². The maximum absolute atomic E-state index is 14.2. The third-order valence-corrected chi connectivity index (χ3v) is 7.71. The lowest BCUT2D eigenvalue weighted by Crippen LogP contribution is -2.37. The molecule has 3 aromatic rings. The molecule has 1 heterocycles. The molecule has 214 valence electrons. The van der Waals surface area contributed by atoms with Crippen LogP contribution in [0.5, 0.6) is 28.7 Å². The molecule has 9 nitrogen and oxygen atoms in total. The summed E-state index contributed by atoms with van der Waals surface area (Å²) < 4.78 is 27.8. The average Bonchev–Trinajstić information content (AvgIpc) is 3.14. The number of ether oxygens (including phenoxy) is 5. The lowest BCUT2D eigenvalue weighted by atomic mass is 9.78. The van der Waals surface area contributed by atoms with Crippen LogP contribution in [0.1, 0.15) is 42.9 Å². The van der Waals surface area contributed by atoms with Crippen molar-refractivity contribution in [3.05, 3.63) is 77.0 Å². The second-order valence-corrected chi connectivity index (χ2v) is 9.93. The number of nitrogens with one attached hydrogen (secondary N) is 1. The minimum absolute atomic E-state index is 0.0589. The number of para-hydroxylation sites is 2. The van der Waals surface area contributed by atoms with Gasteiger partial charge in [-0.25, -0.2) is 0 Å². The maximum Gasteiger partial charge on any atom is 0.224 e. The standard InChI is InChI=1S/C32H34N2O7/c1-18(35)34-24-10-8-7-9-22(24)33-23-13-20(19-11-12-26(37-2)27(15-19)38-3)14-25(36)30(23)31(34)21-16-28(39-4)32(41-6)29(17-21)40-5/h7-12,15-17,20,31,33H,13-14H2,1-6H3/t20-,31-/m1/s1. The molecule has 0 spiro atoms. The molecule has 3 aromatic carbocycles. The van der Waals surface area contributed by atoms with E-state index in [0.29, 0.717) is 52.0 Å². The Labute approximate surface area is 239 Å². The van der Waals surface area contributed by atoms with Crippen molar-refractivity contribution in [2.75, 3.05) is 45.8 Å². The molecule has 0 unspecified atom stereocenters. The fourth-order valence-corrected chi connectivity index (χ4v) is 5.86. The van der Waals surface area contributed by atoms with E-state index in [9.17, 15) is 9.59 Å². The van der Waals surface area contributed by atoms with E-state index < -0.39 is 6.04 Å². The number of fused-ring (bicyclic) bond motifs is 1. The molecule has 0 aromatic heterocycles. The van der Waals surface area contributed by atoms with Gasteiger partial charge in [-0.1, -0.05) is 18.2 Å². The molecule has 1 aliphatic heterocycles. The van der Waals surface area contributed by atoms with Crippen LogP contribution in [0.3, 0.4) is 0 Å². The number of rotatable bonds is 7. The van der Waals surface area contributed by atoms with Crippen molar-refractivity contribution >= 4 is 23.1 Å². The van der Waals surface area contributed by atoms with Gasteiger partial charge in [-0.3, -0.25) is 14.5 Å². The molecule has 5 rings (SSSR count). The van der Waals surface area contributed by atoms with E-state index in [1.807, 2.05) is 42.5 Å². The van der Waals surface area contributed by atoms with E-state index in [-0.39, 0.29) is 24.0 Å². The summed E-state index contributed by atoms with van der Waals surface area (Å²) in [4.78, 5) is 29.2. The zero-order valence-electron chi connectivity index (χ0n) is 24.1. The van der Waals surface area contributed by atoms with Crippen LogP contribution in [-0.2, 0) is 9.59 Å². The number of Topliss-reactive ketones (excluding diaryl/α,β-unsaturated/α-hetero) is 1. The van der Waals surface area contributed by atoms with Gasteiger partial charge in [-0.2, -0.15) is 0 Å². The molecule has 1 aliphatic carbocycles.